The van der Waals surface area contributed by atoms with Crippen molar-refractivity contribution < 1.29 is 42.1 Å². The van der Waals surface area contributed by atoms with E-state index >= 15 is 0 Å². The number of allylic oxidation sites excluding steroid dienone is 2. The Kier molecular flexibility index (Phi) is 30.0. The fraction of sp³-hybridized carbons (Fsp3) is 0.892. The molecule has 0 amide bonds. The number of rotatable bonds is 34. The van der Waals surface area contributed by atoms with Gasteiger partial charge in [-0.2, -0.15) is 0 Å². The monoisotopic (exact) mass is 689 g/mol. The Labute approximate surface area is 288 Å². The van der Waals surface area contributed by atoms with Crippen LogP contribution in [-0.4, -0.2) is 70.0 Å². The lowest BCUT2D eigenvalue weighted by Crippen LogP contribution is -2.37. The molecule has 2 atom stereocenters. The normalized spacial score (nSPS) is 13.9. The van der Waals surface area contributed by atoms with Gasteiger partial charge in [0.25, 0.3) is 7.82 Å². The number of carbonyl (C=O) groups excluding carboxylic acids is 2. The third-order valence-electron chi connectivity index (χ3n) is 8.04. The number of quaternary nitrogens is 1. The largest absolute Gasteiger partial charge is 0.756 e. The number of hydrogen-bond donors (Lipinski definition) is 0. The topological polar surface area (TPSA) is 111 Å². The molecular formula is C37H72NO8P. The number of phosphoric acid groups is 1. The van der Waals surface area contributed by atoms with Crippen LogP contribution < -0.4 is 4.89 Å². The van der Waals surface area contributed by atoms with E-state index in [0.717, 1.165) is 51.4 Å². The number of esters is 2. The summed E-state index contributed by atoms with van der Waals surface area (Å²) in [6, 6.07) is 0. The average Bonchev–Trinajstić information content (AvgIpc) is 3.01. The van der Waals surface area contributed by atoms with Crippen LogP contribution in [-0.2, 0) is 32.7 Å². The van der Waals surface area contributed by atoms with Gasteiger partial charge in [0.1, 0.15) is 19.8 Å². The van der Waals surface area contributed by atoms with Crippen LogP contribution in [0.4, 0.5) is 0 Å². The van der Waals surface area contributed by atoms with Gasteiger partial charge in [-0.3, -0.25) is 14.2 Å². The van der Waals surface area contributed by atoms with Crippen molar-refractivity contribution in [3.8, 4) is 0 Å². The van der Waals surface area contributed by atoms with Crippen molar-refractivity contribution >= 4 is 19.8 Å². The van der Waals surface area contributed by atoms with E-state index in [1.807, 2.05) is 21.1 Å². The third kappa shape index (κ3) is 34.4. The molecule has 278 valence electrons. The van der Waals surface area contributed by atoms with Gasteiger partial charge in [-0.25, -0.2) is 0 Å². The highest BCUT2D eigenvalue weighted by molar-refractivity contribution is 7.45. The summed E-state index contributed by atoms with van der Waals surface area (Å²) in [6.45, 7) is 4.17. The first-order valence-electron chi connectivity index (χ1n) is 18.9. The Morgan fingerprint density at radius 3 is 1.60 bits per heavy atom. The lowest BCUT2D eigenvalue weighted by atomic mass is 10.1. The maximum Gasteiger partial charge on any atom is 0.306 e. The molecule has 47 heavy (non-hydrogen) atoms. The number of phosphoric ester groups is 1. The smallest absolute Gasteiger partial charge is 0.306 e. The lowest BCUT2D eigenvalue weighted by molar-refractivity contribution is -0.870. The zero-order chi connectivity index (χ0) is 35.1. The molecule has 0 fully saturated rings. The molecule has 0 aliphatic heterocycles. The first-order valence-corrected chi connectivity index (χ1v) is 20.4. The minimum atomic E-state index is -4.61. The summed E-state index contributed by atoms with van der Waals surface area (Å²) in [4.78, 5) is 37.2. The van der Waals surface area contributed by atoms with Crippen molar-refractivity contribution in [2.45, 2.75) is 168 Å². The van der Waals surface area contributed by atoms with Gasteiger partial charge in [0.2, 0.25) is 0 Å². The molecule has 0 aromatic rings. The standard InChI is InChI=1S/C37H72NO8P/c1-6-8-10-12-14-16-18-19-20-22-24-26-28-30-37(40)46-35(34-45-47(41,42)44-32-31-38(3,4)5)33-43-36(39)29-27-25-23-21-17-15-13-11-9-7-2/h16,18,35H,6-15,17,19-34H2,1-5H3/b18-16+/t35-/m1/s1. The highest BCUT2D eigenvalue weighted by Gasteiger charge is 2.21. The number of unbranched alkanes of at least 4 members (excludes halogenated alkanes) is 18. The predicted octanol–water partition coefficient (Wildman–Crippen LogP) is 9.22. The number of carbonyl (C=O) groups is 2. The maximum absolute atomic E-state index is 12.6. The summed E-state index contributed by atoms with van der Waals surface area (Å²) in [5.41, 5.74) is 0. The summed E-state index contributed by atoms with van der Waals surface area (Å²) in [5, 5.41) is 0. The van der Waals surface area contributed by atoms with Crippen LogP contribution >= 0.6 is 7.82 Å². The van der Waals surface area contributed by atoms with Gasteiger partial charge in [-0.05, 0) is 38.5 Å². The van der Waals surface area contributed by atoms with Crippen molar-refractivity contribution in [2.24, 2.45) is 0 Å². The van der Waals surface area contributed by atoms with Crippen molar-refractivity contribution in [2.75, 3.05) is 47.5 Å². The minimum absolute atomic E-state index is 0.0299. The zero-order valence-electron chi connectivity index (χ0n) is 31.0. The van der Waals surface area contributed by atoms with Crippen LogP contribution in [0.25, 0.3) is 0 Å². The van der Waals surface area contributed by atoms with Crippen molar-refractivity contribution in [1.82, 2.24) is 0 Å². The van der Waals surface area contributed by atoms with Crippen LogP contribution in [0.2, 0.25) is 0 Å². The molecule has 0 rings (SSSR count). The van der Waals surface area contributed by atoms with Crippen LogP contribution in [0.5, 0.6) is 0 Å². The van der Waals surface area contributed by atoms with E-state index in [9.17, 15) is 19.0 Å². The van der Waals surface area contributed by atoms with Crippen molar-refractivity contribution in [1.29, 1.82) is 0 Å². The Morgan fingerprint density at radius 2 is 1.09 bits per heavy atom. The first-order chi connectivity index (χ1) is 22.5. The fourth-order valence-corrected chi connectivity index (χ4v) is 5.73. The molecule has 0 spiro atoms. The number of hydrogen-bond acceptors (Lipinski definition) is 8. The highest BCUT2D eigenvalue weighted by Crippen LogP contribution is 2.38. The van der Waals surface area contributed by atoms with E-state index in [1.165, 1.54) is 77.0 Å². The average molecular weight is 690 g/mol. The molecule has 0 aromatic carbocycles. The Hall–Kier alpha value is -1.25. The molecule has 1 unspecified atom stereocenters. The summed E-state index contributed by atoms with van der Waals surface area (Å²) in [6.07, 6.45) is 28.1. The van der Waals surface area contributed by atoms with Crippen molar-refractivity contribution in [3.05, 3.63) is 12.2 Å². The highest BCUT2D eigenvalue weighted by atomic mass is 31.2. The third-order valence-corrected chi connectivity index (χ3v) is 9.00. The predicted molar refractivity (Wildman–Crippen MR) is 190 cm³/mol. The van der Waals surface area contributed by atoms with E-state index < -0.39 is 26.5 Å². The number of ether oxygens (including phenoxy) is 2. The van der Waals surface area contributed by atoms with Crippen molar-refractivity contribution in [3.63, 3.8) is 0 Å². The van der Waals surface area contributed by atoms with E-state index in [2.05, 4.69) is 26.0 Å². The van der Waals surface area contributed by atoms with Gasteiger partial charge in [0.05, 0.1) is 27.7 Å². The van der Waals surface area contributed by atoms with Crippen LogP contribution in [0, 0.1) is 0 Å². The molecule has 0 radical (unpaired) electrons. The van der Waals surface area contributed by atoms with Crippen LogP contribution in [0.1, 0.15) is 162 Å². The molecule has 10 heteroatoms. The summed E-state index contributed by atoms with van der Waals surface area (Å²) in [5.74, 6) is -0.844. The van der Waals surface area contributed by atoms with Crippen LogP contribution in [0.3, 0.4) is 0 Å². The first kappa shape index (κ1) is 45.8. The summed E-state index contributed by atoms with van der Waals surface area (Å²) < 4.78 is 33.7. The van der Waals surface area contributed by atoms with E-state index in [-0.39, 0.29) is 32.0 Å². The Morgan fingerprint density at radius 1 is 0.638 bits per heavy atom. The molecule has 0 saturated carbocycles. The summed E-state index contributed by atoms with van der Waals surface area (Å²) >= 11 is 0. The van der Waals surface area contributed by atoms with E-state index in [0.29, 0.717) is 17.4 Å². The molecule has 9 nitrogen and oxygen atoms in total. The van der Waals surface area contributed by atoms with Gasteiger partial charge in [0.15, 0.2) is 6.10 Å². The fourth-order valence-electron chi connectivity index (χ4n) is 5.00. The minimum Gasteiger partial charge on any atom is -0.756 e. The Balaban J connectivity index is 4.46. The molecular weight excluding hydrogens is 617 g/mol. The van der Waals surface area contributed by atoms with E-state index in [4.69, 9.17) is 18.5 Å². The van der Waals surface area contributed by atoms with Gasteiger partial charge >= 0.3 is 11.9 Å². The van der Waals surface area contributed by atoms with Gasteiger partial charge < -0.3 is 27.9 Å². The zero-order valence-corrected chi connectivity index (χ0v) is 31.9. The second-order valence-corrected chi connectivity index (χ2v) is 15.4. The van der Waals surface area contributed by atoms with Crippen LogP contribution in [0.15, 0.2) is 12.2 Å². The molecule has 0 bridgehead atoms. The molecule has 0 aliphatic rings. The number of nitrogens with zero attached hydrogens (tertiary/aromatic N) is 1. The second kappa shape index (κ2) is 30.8. The number of likely N-dealkylation sites (N-methyl/N-ethyl adjacent to an activating group) is 1. The van der Waals surface area contributed by atoms with Gasteiger partial charge in [0, 0.05) is 12.8 Å². The lowest BCUT2D eigenvalue weighted by Gasteiger charge is -2.28. The molecule has 0 aromatic heterocycles. The Bertz CT molecular complexity index is 830. The maximum atomic E-state index is 12.6. The molecule has 0 N–H and O–H groups in total. The molecule has 0 saturated heterocycles. The molecule has 0 aliphatic carbocycles. The summed E-state index contributed by atoms with van der Waals surface area (Å²) in [7, 11) is 1.16. The van der Waals surface area contributed by atoms with Gasteiger partial charge in [-0.1, -0.05) is 122 Å². The second-order valence-electron chi connectivity index (χ2n) is 13.9. The van der Waals surface area contributed by atoms with E-state index in [1.54, 1.807) is 0 Å². The SMILES string of the molecule is CCCCCC/C=C/CCCCCCCC(=O)O[C@H](COC(=O)CCCCCCCCCCCC)COP(=O)([O-])OCC[N+](C)(C)C. The quantitative estimate of drug-likeness (QED) is 0.0216. The van der Waals surface area contributed by atoms with Gasteiger partial charge in [-0.15, -0.1) is 0 Å². The molecule has 0 heterocycles.